The summed E-state index contributed by atoms with van der Waals surface area (Å²) in [5.74, 6) is -0.537. The highest BCUT2D eigenvalue weighted by atomic mass is 19.1. The third-order valence-electron chi connectivity index (χ3n) is 4.02. The maximum Gasteiger partial charge on any atom is 0.133 e. The molecule has 0 saturated heterocycles. The molecular weight excluding hydrogens is 272 g/mol. The second-order valence-corrected chi connectivity index (χ2v) is 5.78. The molecule has 2 unspecified atom stereocenters. The summed E-state index contributed by atoms with van der Waals surface area (Å²) in [4.78, 5) is 0. The van der Waals surface area contributed by atoms with Crippen molar-refractivity contribution in [1.82, 2.24) is 5.32 Å². The SMILES string of the molecule is CCCNC(c1c(F)ccc(C)c1F)C(OCC)C1CC1. The molecule has 2 nitrogen and oxygen atoms in total. The van der Waals surface area contributed by atoms with Crippen LogP contribution in [0.2, 0.25) is 0 Å². The molecule has 1 N–H and O–H groups in total. The van der Waals surface area contributed by atoms with Crippen LogP contribution in [-0.4, -0.2) is 19.3 Å². The van der Waals surface area contributed by atoms with Gasteiger partial charge in [-0.25, -0.2) is 8.78 Å². The smallest absolute Gasteiger partial charge is 0.133 e. The van der Waals surface area contributed by atoms with E-state index in [1.54, 1.807) is 6.92 Å². The van der Waals surface area contributed by atoms with E-state index in [-0.39, 0.29) is 11.7 Å². The number of benzene rings is 1. The predicted octanol–water partition coefficient (Wildman–Crippen LogP) is 4.13. The van der Waals surface area contributed by atoms with Gasteiger partial charge in [0.2, 0.25) is 0 Å². The van der Waals surface area contributed by atoms with Crippen molar-refractivity contribution in [3.8, 4) is 0 Å². The Morgan fingerprint density at radius 1 is 1.29 bits per heavy atom. The van der Waals surface area contributed by atoms with E-state index in [4.69, 9.17) is 4.74 Å². The molecular formula is C17H25F2NO. The first-order valence-corrected chi connectivity index (χ1v) is 7.89. The number of halogens is 2. The van der Waals surface area contributed by atoms with E-state index in [1.807, 2.05) is 13.8 Å². The van der Waals surface area contributed by atoms with E-state index < -0.39 is 17.7 Å². The van der Waals surface area contributed by atoms with Crippen LogP contribution in [-0.2, 0) is 4.74 Å². The molecule has 2 atom stereocenters. The number of hydrogen-bond acceptors (Lipinski definition) is 2. The van der Waals surface area contributed by atoms with E-state index in [2.05, 4.69) is 5.32 Å². The van der Waals surface area contributed by atoms with Crippen molar-refractivity contribution in [3.63, 3.8) is 0 Å². The van der Waals surface area contributed by atoms with Crippen molar-refractivity contribution in [3.05, 3.63) is 34.9 Å². The standard InChI is InChI=1S/C17H25F2NO/c1-4-10-20-16(17(21-5-2)12-7-8-12)14-13(18)9-6-11(3)15(14)19/h6,9,12,16-17,20H,4-5,7-8,10H2,1-3H3. The maximum atomic E-state index is 14.5. The summed E-state index contributed by atoms with van der Waals surface area (Å²) >= 11 is 0. The monoisotopic (exact) mass is 297 g/mol. The van der Waals surface area contributed by atoms with Crippen molar-refractivity contribution in [2.24, 2.45) is 5.92 Å². The van der Waals surface area contributed by atoms with Gasteiger partial charge >= 0.3 is 0 Å². The second kappa shape index (κ2) is 7.32. The molecule has 0 aliphatic heterocycles. The number of hydrogen-bond donors (Lipinski definition) is 1. The molecule has 1 saturated carbocycles. The minimum absolute atomic E-state index is 0.133. The van der Waals surface area contributed by atoms with Crippen LogP contribution in [0, 0.1) is 24.5 Å². The van der Waals surface area contributed by atoms with Gasteiger partial charge in [0.15, 0.2) is 0 Å². The average molecular weight is 297 g/mol. The molecule has 21 heavy (non-hydrogen) atoms. The van der Waals surface area contributed by atoms with Gasteiger partial charge in [0.05, 0.1) is 12.1 Å². The fraction of sp³-hybridized carbons (Fsp3) is 0.647. The summed E-state index contributed by atoms with van der Waals surface area (Å²) < 4.78 is 34.6. The Kier molecular flexibility index (Phi) is 5.71. The number of aryl methyl sites for hydroxylation is 1. The van der Waals surface area contributed by atoms with Crippen molar-refractivity contribution in [2.45, 2.75) is 52.2 Å². The van der Waals surface area contributed by atoms with Gasteiger partial charge in [-0.1, -0.05) is 13.0 Å². The number of ether oxygens (including phenoxy) is 1. The third-order valence-corrected chi connectivity index (χ3v) is 4.02. The van der Waals surface area contributed by atoms with Crippen molar-refractivity contribution >= 4 is 0 Å². The van der Waals surface area contributed by atoms with E-state index in [0.717, 1.165) is 19.3 Å². The lowest BCUT2D eigenvalue weighted by Crippen LogP contribution is -2.37. The Hall–Kier alpha value is -1.00. The molecule has 0 bridgehead atoms. The lowest BCUT2D eigenvalue weighted by molar-refractivity contribution is 0.0167. The van der Waals surface area contributed by atoms with Crippen LogP contribution in [0.5, 0.6) is 0 Å². The molecule has 1 fully saturated rings. The molecule has 2 rings (SSSR count). The van der Waals surface area contributed by atoms with E-state index >= 15 is 0 Å². The van der Waals surface area contributed by atoms with Crippen LogP contribution in [0.4, 0.5) is 8.78 Å². The summed E-state index contributed by atoms with van der Waals surface area (Å²) in [6, 6.07) is 2.42. The summed E-state index contributed by atoms with van der Waals surface area (Å²) in [5.41, 5.74) is 0.606. The van der Waals surface area contributed by atoms with E-state index in [9.17, 15) is 8.78 Å². The van der Waals surface area contributed by atoms with Gasteiger partial charge in [-0.15, -0.1) is 0 Å². The molecule has 1 aliphatic rings. The topological polar surface area (TPSA) is 21.3 Å². The van der Waals surface area contributed by atoms with Gasteiger partial charge < -0.3 is 10.1 Å². The Labute approximate surface area is 125 Å². The van der Waals surface area contributed by atoms with E-state index in [1.165, 1.54) is 12.1 Å². The van der Waals surface area contributed by atoms with Crippen molar-refractivity contribution in [1.29, 1.82) is 0 Å². The quantitative estimate of drug-likeness (QED) is 0.779. The molecule has 0 radical (unpaired) electrons. The van der Waals surface area contributed by atoms with E-state index in [0.29, 0.717) is 24.6 Å². The molecule has 0 amide bonds. The number of nitrogens with one attached hydrogen (secondary N) is 1. The van der Waals surface area contributed by atoms with Gasteiger partial charge in [-0.3, -0.25) is 0 Å². The summed E-state index contributed by atoms with van der Waals surface area (Å²) in [6.45, 7) is 6.91. The first-order valence-electron chi connectivity index (χ1n) is 7.89. The fourth-order valence-corrected chi connectivity index (χ4v) is 2.77. The first-order chi connectivity index (χ1) is 10.1. The van der Waals surface area contributed by atoms with Crippen molar-refractivity contribution < 1.29 is 13.5 Å². The molecule has 1 aromatic carbocycles. The van der Waals surface area contributed by atoms with Gasteiger partial charge in [0.25, 0.3) is 0 Å². The molecule has 0 spiro atoms. The zero-order valence-corrected chi connectivity index (χ0v) is 13.1. The molecule has 1 aliphatic carbocycles. The van der Waals surface area contributed by atoms with Gasteiger partial charge in [0.1, 0.15) is 11.6 Å². The molecule has 118 valence electrons. The minimum atomic E-state index is -0.489. The van der Waals surface area contributed by atoms with Gasteiger partial charge in [0, 0.05) is 12.2 Å². The Bertz CT molecular complexity index is 474. The Morgan fingerprint density at radius 3 is 2.57 bits per heavy atom. The van der Waals surface area contributed by atoms with Crippen LogP contribution in [0.3, 0.4) is 0 Å². The van der Waals surface area contributed by atoms with Crippen LogP contribution >= 0.6 is 0 Å². The van der Waals surface area contributed by atoms with Crippen molar-refractivity contribution in [2.75, 3.05) is 13.2 Å². The summed E-state index contributed by atoms with van der Waals surface area (Å²) in [6.07, 6.45) is 2.90. The van der Waals surface area contributed by atoms with Gasteiger partial charge in [-0.2, -0.15) is 0 Å². The average Bonchev–Trinajstić information content (AvgIpc) is 3.29. The normalized spacial score (nSPS) is 17.8. The summed E-state index contributed by atoms with van der Waals surface area (Å²) in [5, 5.41) is 3.30. The number of rotatable bonds is 8. The molecule has 1 aromatic rings. The largest absolute Gasteiger partial charge is 0.376 e. The highest BCUT2D eigenvalue weighted by Crippen LogP contribution is 2.41. The zero-order valence-electron chi connectivity index (χ0n) is 13.1. The lowest BCUT2D eigenvalue weighted by Gasteiger charge is -2.29. The van der Waals surface area contributed by atoms with Crippen LogP contribution < -0.4 is 5.32 Å². The lowest BCUT2D eigenvalue weighted by atomic mass is 9.95. The maximum absolute atomic E-state index is 14.5. The molecule has 0 aromatic heterocycles. The van der Waals surface area contributed by atoms with Crippen LogP contribution in [0.1, 0.15) is 50.3 Å². The second-order valence-electron chi connectivity index (χ2n) is 5.78. The fourth-order valence-electron chi connectivity index (χ4n) is 2.77. The van der Waals surface area contributed by atoms with Crippen LogP contribution in [0.25, 0.3) is 0 Å². The zero-order chi connectivity index (χ0) is 15.4. The summed E-state index contributed by atoms with van der Waals surface area (Å²) in [7, 11) is 0. The third kappa shape index (κ3) is 3.80. The molecule has 0 heterocycles. The Balaban J connectivity index is 2.36. The minimum Gasteiger partial charge on any atom is -0.376 e. The highest BCUT2D eigenvalue weighted by Gasteiger charge is 2.39. The predicted molar refractivity (Wildman–Crippen MR) is 80.3 cm³/mol. The Morgan fingerprint density at radius 2 is 2.00 bits per heavy atom. The van der Waals surface area contributed by atoms with Crippen LogP contribution in [0.15, 0.2) is 12.1 Å². The van der Waals surface area contributed by atoms with Gasteiger partial charge in [-0.05, 0) is 57.2 Å². The molecule has 4 heteroatoms. The highest BCUT2D eigenvalue weighted by molar-refractivity contribution is 5.30. The first kappa shape index (κ1) is 16.4.